The number of pyridine rings is 1. The van der Waals surface area contributed by atoms with Crippen molar-refractivity contribution in [2.24, 2.45) is 0 Å². The second-order valence-corrected chi connectivity index (χ2v) is 7.35. The van der Waals surface area contributed by atoms with E-state index in [0.29, 0.717) is 23.3 Å². The van der Waals surface area contributed by atoms with Crippen LogP contribution in [-0.4, -0.2) is 16.2 Å². The first kappa shape index (κ1) is 18.8. The number of fused-ring (bicyclic) bond motifs is 1. The van der Waals surface area contributed by atoms with Gasteiger partial charge >= 0.3 is 6.18 Å². The lowest BCUT2D eigenvalue weighted by Crippen LogP contribution is -2.36. The number of hydrogen-bond acceptors (Lipinski definition) is 3. The Balaban J connectivity index is 1.79. The fourth-order valence-electron chi connectivity index (χ4n) is 2.76. The molecule has 1 atom stereocenters. The summed E-state index contributed by atoms with van der Waals surface area (Å²) in [5.74, 6) is 0.270. The fourth-order valence-corrected chi connectivity index (χ4v) is 4.11. The summed E-state index contributed by atoms with van der Waals surface area (Å²) in [6.45, 7) is -0.533. The van der Waals surface area contributed by atoms with Crippen LogP contribution < -0.4 is 10.9 Å². The Hall–Kier alpha value is -1.93. The lowest BCUT2D eigenvalue weighted by atomic mass is 10.0. The number of hydrogen-bond donors (Lipinski definition) is 1. The maximum atomic E-state index is 12.9. The van der Waals surface area contributed by atoms with Crippen LogP contribution in [0.3, 0.4) is 0 Å². The second kappa shape index (κ2) is 7.36. The van der Waals surface area contributed by atoms with E-state index in [2.05, 4.69) is 5.32 Å². The maximum Gasteiger partial charge on any atom is 0.417 e. The van der Waals surface area contributed by atoms with Crippen molar-refractivity contribution in [2.75, 3.05) is 5.75 Å². The second-order valence-electron chi connectivity index (χ2n) is 5.80. The van der Waals surface area contributed by atoms with Gasteiger partial charge in [0, 0.05) is 16.8 Å². The number of aromatic nitrogens is 1. The molecule has 1 aromatic carbocycles. The number of carbonyl (C=O) groups is 1. The summed E-state index contributed by atoms with van der Waals surface area (Å²) >= 11 is 7.28. The quantitative estimate of drug-likeness (QED) is 0.847. The topological polar surface area (TPSA) is 51.1 Å². The van der Waals surface area contributed by atoms with Crippen LogP contribution in [-0.2, 0) is 17.5 Å². The molecule has 4 nitrogen and oxygen atoms in total. The lowest BCUT2D eigenvalue weighted by molar-refractivity contribution is -0.138. The third-order valence-electron chi connectivity index (χ3n) is 3.98. The highest BCUT2D eigenvalue weighted by atomic mass is 35.5. The van der Waals surface area contributed by atoms with E-state index < -0.39 is 34.8 Å². The van der Waals surface area contributed by atoms with Gasteiger partial charge in [0.05, 0.1) is 11.6 Å². The lowest BCUT2D eigenvalue weighted by Gasteiger charge is -2.26. The molecule has 1 amide bonds. The van der Waals surface area contributed by atoms with Crippen molar-refractivity contribution >= 4 is 29.3 Å². The van der Waals surface area contributed by atoms with Crippen LogP contribution in [0.2, 0.25) is 5.02 Å². The molecule has 3 rings (SSSR count). The van der Waals surface area contributed by atoms with Crippen LogP contribution in [0.25, 0.3) is 0 Å². The highest BCUT2D eigenvalue weighted by Gasteiger charge is 2.32. The third-order valence-corrected chi connectivity index (χ3v) is 5.37. The summed E-state index contributed by atoms with van der Waals surface area (Å²) in [7, 11) is 0. The molecule has 1 N–H and O–H groups in total. The summed E-state index contributed by atoms with van der Waals surface area (Å²) in [6.07, 6.45) is -3.35. The molecule has 0 aliphatic carbocycles. The Morgan fingerprint density at radius 3 is 2.81 bits per heavy atom. The Morgan fingerprint density at radius 1 is 1.35 bits per heavy atom. The first-order valence-electron chi connectivity index (χ1n) is 7.74. The number of halogens is 4. The molecule has 0 saturated heterocycles. The minimum atomic E-state index is -4.66. The predicted molar refractivity (Wildman–Crippen MR) is 93.4 cm³/mol. The van der Waals surface area contributed by atoms with E-state index in [-0.39, 0.29) is 6.04 Å². The van der Waals surface area contributed by atoms with Crippen molar-refractivity contribution in [2.45, 2.75) is 30.1 Å². The molecular weight excluding hydrogens is 389 g/mol. The summed E-state index contributed by atoms with van der Waals surface area (Å²) < 4.78 is 39.3. The van der Waals surface area contributed by atoms with Gasteiger partial charge in [-0.1, -0.05) is 29.8 Å². The molecule has 2 aromatic rings. The zero-order valence-electron chi connectivity index (χ0n) is 13.3. The van der Waals surface area contributed by atoms with Gasteiger partial charge < -0.3 is 9.88 Å². The molecule has 26 heavy (non-hydrogen) atoms. The first-order valence-corrected chi connectivity index (χ1v) is 9.10. The van der Waals surface area contributed by atoms with E-state index in [0.717, 1.165) is 16.2 Å². The monoisotopic (exact) mass is 402 g/mol. The van der Waals surface area contributed by atoms with Gasteiger partial charge in [0.2, 0.25) is 5.91 Å². The van der Waals surface area contributed by atoms with E-state index in [1.807, 2.05) is 24.3 Å². The average molecular weight is 403 g/mol. The Morgan fingerprint density at radius 2 is 2.08 bits per heavy atom. The molecule has 0 bridgehead atoms. The molecule has 0 radical (unpaired) electrons. The zero-order chi connectivity index (χ0) is 18.9. The molecule has 1 unspecified atom stereocenters. The van der Waals surface area contributed by atoms with Crippen LogP contribution in [0.1, 0.15) is 23.6 Å². The van der Waals surface area contributed by atoms with E-state index in [9.17, 15) is 22.8 Å². The number of carbonyl (C=O) groups excluding carboxylic acids is 1. The predicted octanol–water partition coefficient (Wildman–Crippen LogP) is 3.87. The van der Waals surface area contributed by atoms with E-state index >= 15 is 0 Å². The van der Waals surface area contributed by atoms with Gasteiger partial charge in [-0.15, -0.1) is 11.8 Å². The Labute approximate surface area is 156 Å². The molecule has 0 saturated carbocycles. The number of benzene rings is 1. The number of amides is 1. The van der Waals surface area contributed by atoms with E-state index in [1.54, 1.807) is 11.8 Å². The van der Waals surface area contributed by atoms with E-state index in [1.165, 1.54) is 0 Å². The first-order chi connectivity index (χ1) is 12.3. The Kier molecular flexibility index (Phi) is 5.34. The summed E-state index contributed by atoms with van der Waals surface area (Å²) in [5, 5.41) is 2.22. The van der Waals surface area contributed by atoms with E-state index in [4.69, 9.17) is 11.6 Å². The van der Waals surface area contributed by atoms with Gasteiger partial charge in [-0.3, -0.25) is 9.59 Å². The molecule has 0 fully saturated rings. The van der Waals surface area contributed by atoms with Crippen molar-refractivity contribution in [1.82, 2.24) is 9.88 Å². The zero-order valence-corrected chi connectivity index (χ0v) is 14.9. The highest BCUT2D eigenvalue weighted by molar-refractivity contribution is 7.99. The molecule has 1 aromatic heterocycles. The maximum absolute atomic E-state index is 12.9. The number of alkyl halides is 3. The fraction of sp³-hybridized carbons (Fsp3) is 0.294. The highest BCUT2D eigenvalue weighted by Crippen LogP contribution is 2.35. The summed E-state index contributed by atoms with van der Waals surface area (Å²) in [4.78, 5) is 25.3. The normalized spacial score (nSPS) is 16.8. The van der Waals surface area contributed by atoms with Gasteiger partial charge in [-0.2, -0.15) is 13.2 Å². The molecule has 1 aliphatic rings. The van der Waals surface area contributed by atoms with Gasteiger partial charge in [0.25, 0.3) is 5.56 Å². The number of nitrogens with zero attached hydrogens (tertiary/aromatic N) is 1. The van der Waals surface area contributed by atoms with Crippen LogP contribution in [0.15, 0.2) is 46.2 Å². The van der Waals surface area contributed by atoms with Crippen molar-refractivity contribution in [3.8, 4) is 0 Å². The summed E-state index contributed by atoms with van der Waals surface area (Å²) in [6, 6.07) is 7.94. The van der Waals surface area contributed by atoms with Crippen LogP contribution in [0, 0.1) is 0 Å². The van der Waals surface area contributed by atoms with Gasteiger partial charge in [-0.25, -0.2) is 0 Å². The van der Waals surface area contributed by atoms with Crippen LogP contribution in [0.4, 0.5) is 13.2 Å². The van der Waals surface area contributed by atoms with Crippen molar-refractivity contribution in [3.63, 3.8) is 0 Å². The third kappa shape index (κ3) is 4.07. The minimum Gasteiger partial charge on any atom is -0.348 e. The molecular formula is C17H14ClF3N2O2S. The smallest absolute Gasteiger partial charge is 0.348 e. The molecule has 138 valence electrons. The minimum absolute atomic E-state index is 0.239. The van der Waals surface area contributed by atoms with Crippen molar-refractivity contribution in [3.05, 3.63) is 63.0 Å². The van der Waals surface area contributed by atoms with Gasteiger partial charge in [0.15, 0.2) is 0 Å². The molecule has 0 spiro atoms. The Bertz CT molecular complexity index is 898. The number of rotatable bonds is 3. The number of thioether (sulfide) groups is 1. The largest absolute Gasteiger partial charge is 0.417 e. The van der Waals surface area contributed by atoms with Crippen molar-refractivity contribution < 1.29 is 18.0 Å². The van der Waals surface area contributed by atoms with Crippen LogP contribution in [0.5, 0.6) is 0 Å². The molecule has 2 heterocycles. The molecule has 9 heteroatoms. The number of nitrogens with one attached hydrogen (secondary N) is 1. The van der Waals surface area contributed by atoms with Crippen molar-refractivity contribution in [1.29, 1.82) is 0 Å². The standard InChI is InChI=1S/C17H14ClF3N2O2S/c18-12-7-10(17(19,20)21)8-23(16(12)25)9-15(24)22-13-5-6-26-14-4-2-1-3-11(13)14/h1-4,7-8,13H,5-6,9H2,(H,22,24). The van der Waals surface area contributed by atoms with Gasteiger partial charge in [0.1, 0.15) is 11.6 Å². The summed E-state index contributed by atoms with van der Waals surface area (Å²) in [5.41, 5.74) is -0.949. The molecule has 1 aliphatic heterocycles. The van der Waals surface area contributed by atoms with Gasteiger partial charge in [-0.05, 0) is 24.1 Å². The average Bonchev–Trinajstić information content (AvgIpc) is 2.58. The SMILES string of the molecule is O=C(Cn1cc(C(F)(F)F)cc(Cl)c1=O)NC1CCSc2ccccc21. The van der Waals surface area contributed by atoms with Crippen LogP contribution >= 0.6 is 23.4 Å².